The summed E-state index contributed by atoms with van der Waals surface area (Å²) in [6.45, 7) is 2.12. The fourth-order valence-corrected chi connectivity index (χ4v) is 5.79. The largest absolute Gasteiger partial charge is 0.457 e. The van der Waals surface area contributed by atoms with Crippen LogP contribution in [-0.2, 0) is 4.79 Å². The van der Waals surface area contributed by atoms with E-state index >= 15 is 0 Å². The molecule has 2 aliphatic rings. The fraction of sp³-hybridized carbons (Fsp3) is 0.409. The highest BCUT2D eigenvalue weighted by atomic mass is 32.2. The van der Waals surface area contributed by atoms with E-state index in [1.807, 2.05) is 66.4 Å². The Morgan fingerprint density at radius 3 is 2.31 bits per heavy atom. The molecular formula is C22H25NO2S. The van der Waals surface area contributed by atoms with Crippen molar-refractivity contribution in [2.75, 3.05) is 4.90 Å². The number of carbonyl (C=O) groups is 1. The van der Waals surface area contributed by atoms with Gasteiger partial charge in [-0.25, -0.2) is 0 Å². The number of hydrogen-bond donors (Lipinski definition) is 0. The Hall–Kier alpha value is -1.94. The van der Waals surface area contributed by atoms with Gasteiger partial charge in [0.05, 0.1) is 10.1 Å². The minimum absolute atomic E-state index is 0.0438. The van der Waals surface area contributed by atoms with Crippen molar-refractivity contribution < 1.29 is 9.53 Å². The molecule has 1 saturated heterocycles. The SMILES string of the molecule is CCC1SC2(CCCCC2)N(c2ccc(Oc3ccccc3)cc2)C1=O. The lowest BCUT2D eigenvalue weighted by Crippen LogP contribution is -2.46. The van der Waals surface area contributed by atoms with E-state index in [-0.39, 0.29) is 16.0 Å². The first kappa shape index (κ1) is 17.5. The topological polar surface area (TPSA) is 29.5 Å². The molecule has 0 aromatic heterocycles. The molecule has 0 radical (unpaired) electrons. The molecule has 26 heavy (non-hydrogen) atoms. The third-order valence-electron chi connectivity index (χ3n) is 5.34. The number of nitrogens with zero attached hydrogens (tertiary/aromatic N) is 1. The van der Waals surface area contributed by atoms with Crippen LogP contribution in [0.1, 0.15) is 45.4 Å². The van der Waals surface area contributed by atoms with Crippen molar-refractivity contribution in [1.82, 2.24) is 0 Å². The number of hydrogen-bond acceptors (Lipinski definition) is 3. The molecule has 1 atom stereocenters. The lowest BCUT2D eigenvalue weighted by atomic mass is 9.92. The molecule has 1 aliphatic carbocycles. The Balaban J connectivity index is 1.59. The van der Waals surface area contributed by atoms with Gasteiger partial charge in [0, 0.05) is 5.69 Å². The van der Waals surface area contributed by atoms with Crippen LogP contribution in [0.3, 0.4) is 0 Å². The van der Waals surface area contributed by atoms with Crippen LogP contribution in [-0.4, -0.2) is 16.0 Å². The van der Waals surface area contributed by atoms with Gasteiger partial charge in [0.15, 0.2) is 0 Å². The van der Waals surface area contributed by atoms with E-state index in [4.69, 9.17) is 4.74 Å². The maximum Gasteiger partial charge on any atom is 0.241 e. The molecular weight excluding hydrogens is 342 g/mol. The molecule has 1 heterocycles. The molecule has 2 fully saturated rings. The molecule has 3 nitrogen and oxygen atoms in total. The zero-order valence-electron chi connectivity index (χ0n) is 15.2. The third-order valence-corrected chi connectivity index (χ3v) is 7.19. The first-order valence-electron chi connectivity index (χ1n) is 9.57. The van der Waals surface area contributed by atoms with Crippen LogP contribution in [0, 0.1) is 0 Å². The Morgan fingerprint density at radius 1 is 1.00 bits per heavy atom. The molecule has 1 saturated carbocycles. The van der Waals surface area contributed by atoms with Gasteiger partial charge >= 0.3 is 0 Å². The first-order valence-corrected chi connectivity index (χ1v) is 10.4. The molecule has 2 aromatic rings. The molecule has 1 unspecified atom stereocenters. The van der Waals surface area contributed by atoms with E-state index in [0.717, 1.165) is 36.4 Å². The number of thioether (sulfide) groups is 1. The summed E-state index contributed by atoms with van der Waals surface area (Å²) in [5.74, 6) is 1.89. The Labute approximate surface area is 159 Å². The van der Waals surface area contributed by atoms with Gasteiger partial charge in [0.25, 0.3) is 0 Å². The van der Waals surface area contributed by atoms with E-state index in [0.29, 0.717) is 0 Å². The molecule has 1 aliphatic heterocycles. The van der Waals surface area contributed by atoms with Crippen molar-refractivity contribution in [3.8, 4) is 11.5 Å². The number of rotatable bonds is 4. The van der Waals surface area contributed by atoms with Gasteiger partial charge in [0.1, 0.15) is 11.5 Å². The van der Waals surface area contributed by atoms with Crippen molar-refractivity contribution in [2.45, 2.75) is 55.6 Å². The quantitative estimate of drug-likeness (QED) is 0.664. The van der Waals surface area contributed by atoms with E-state index < -0.39 is 0 Å². The van der Waals surface area contributed by atoms with Gasteiger partial charge in [-0.15, -0.1) is 11.8 Å². The van der Waals surface area contributed by atoms with E-state index in [2.05, 4.69) is 11.8 Å². The van der Waals surface area contributed by atoms with Crippen molar-refractivity contribution in [2.24, 2.45) is 0 Å². The number of amides is 1. The predicted molar refractivity (Wildman–Crippen MR) is 108 cm³/mol. The molecule has 0 N–H and O–H groups in total. The molecule has 4 heteroatoms. The summed E-state index contributed by atoms with van der Waals surface area (Å²) in [6.07, 6.45) is 6.80. The average molecular weight is 368 g/mol. The van der Waals surface area contributed by atoms with Gasteiger partial charge in [-0.2, -0.15) is 0 Å². The molecule has 2 aromatic carbocycles. The Morgan fingerprint density at radius 2 is 1.65 bits per heavy atom. The molecule has 0 bridgehead atoms. The molecule has 136 valence electrons. The predicted octanol–water partition coefficient (Wildman–Crippen LogP) is 6.00. The zero-order valence-corrected chi connectivity index (χ0v) is 16.0. The zero-order chi connectivity index (χ0) is 18.0. The summed E-state index contributed by atoms with van der Waals surface area (Å²) < 4.78 is 5.89. The summed E-state index contributed by atoms with van der Waals surface area (Å²) in [5, 5.41) is 0.0911. The highest BCUT2D eigenvalue weighted by Crippen LogP contribution is 2.52. The first-order chi connectivity index (χ1) is 12.7. The lowest BCUT2D eigenvalue weighted by molar-refractivity contribution is -0.118. The van der Waals surface area contributed by atoms with Crippen LogP contribution in [0.5, 0.6) is 11.5 Å². The van der Waals surface area contributed by atoms with Gasteiger partial charge in [-0.3, -0.25) is 9.69 Å². The summed E-state index contributed by atoms with van der Waals surface area (Å²) in [5.41, 5.74) is 1.00. The van der Waals surface area contributed by atoms with Gasteiger partial charge < -0.3 is 4.74 Å². The average Bonchev–Trinajstić information content (AvgIpc) is 2.95. The Bertz CT molecular complexity index is 753. The number of anilines is 1. The number of para-hydroxylation sites is 1. The molecule has 1 amide bonds. The van der Waals surface area contributed by atoms with Gasteiger partial charge in [-0.1, -0.05) is 44.4 Å². The van der Waals surface area contributed by atoms with Crippen molar-refractivity contribution >= 4 is 23.4 Å². The lowest BCUT2D eigenvalue weighted by Gasteiger charge is -2.40. The Kier molecular flexibility index (Phi) is 4.94. The van der Waals surface area contributed by atoms with Crippen LogP contribution in [0.2, 0.25) is 0 Å². The minimum atomic E-state index is -0.0438. The second kappa shape index (κ2) is 7.36. The summed E-state index contributed by atoms with van der Waals surface area (Å²) in [6, 6.07) is 17.8. The smallest absolute Gasteiger partial charge is 0.241 e. The second-order valence-electron chi connectivity index (χ2n) is 7.10. The number of ether oxygens (including phenoxy) is 1. The van der Waals surface area contributed by atoms with E-state index in [1.165, 1.54) is 19.3 Å². The summed E-state index contributed by atoms with van der Waals surface area (Å²) in [7, 11) is 0. The fourth-order valence-electron chi connectivity index (χ4n) is 4.07. The normalized spacial score (nSPS) is 22.0. The maximum absolute atomic E-state index is 13.1. The minimum Gasteiger partial charge on any atom is -0.457 e. The van der Waals surface area contributed by atoms with E-state index in [9.17, 15) is 4.79 Å². The van der Waals surface area contributed by atoms with Gasteiger partial charge in [-0.05, 0) is 55.7 Å². The summed E-state index contributed by atoms with van der Waals surface area (Å²) in [4.78, 5) is 15.1. The molecule has 4 rings (SSSR count). The number of benzene rings is 2. The second-order valence-corrected chi connectivity index (χ2v) is 8.67. The molecule has 1 spiro atoms. The van der Waals surface area contributed by atoms with Crippen molar-refractivity contribution in [3.05, 3.63) is 54.6 Å². The standard InChI is InChI=1S/C22H25NO2S/c1-2-20-21(24)23(22(26-20)15-7-4-8-16-22)17-11-13-19(14-12-17)25-18-9-5-3-6-10-18/h3,5-6,9-14,20H,2,4,7-8,15-16H2,1H3. The van der Waals surface area contributed by atoms with Crippen molar-refractivity contribution in [1.29, 1.82) is 0 Å². The van der Waals surface area contributed by atoms with Crippen LogP contribution < -0.4 is 9.64 Å². The summed E-state index contributed by atoms with van der Waals surface area (Å²) >= 11 is 1.90. The van der Waals surface area contributed by atoms with Crippen LogP contribution in [0.15, 0.2) is 54.6 Å². The van der Waals surface area contributed by atoms with Crippen LogP contribution in [0.25, 0.3) is 0 Å². The van der Waals surface area contributed by atoms with Crippen LogP contribution in [0.4, 0.5) is 5.69 Å². The van der Waals surface area contributed by atoms with Crippen molar-refractivity contribution in [3.63, 3.8) is 0 Å². The van der Waals surface area contributed by atoms with Crippen LogP contribution >= 0.6 is 11.8 Å². The third kappa shape index (κ3) is 3.23. The van der Waals surface area contributed by atoms with E-state index in [1.54, 1.807) is 0 Å². The monoisotopic (exact) mass is 367 g/mol. The number of carbonyl (C=O) groups excluding carboxylic acids is 1. The maximum atomic E-state index is 13.1. The highest BCUT2D eigenvalue weighted by molar-refractivity contribution is 8.02. The highest BCUT2D eigenvalue weighted by Gasteiger charge is 2.51. The van der Waals surface area contributed by atoms with Gasteiger partial charge in [0.2, 0.25) is 5.91 Å².